The van der Waals surface area contributed by atoms with Crippen LogP contribution in [0.3, 0.4) is 0 Å². The van der Waals surface area contributed by atoms with Gasteiger partial charge >= 0.3 is 0 Å². The van der Waals surface area contributed by atoms with Gasteiger partial charge in [-0.3, -0.25) is 0 Å². The van der Waals surface area contributed by atoms with Crippen LogP contribution in [-0.4, -0.2) is 29.0 Å². The highest BCUT2D eigenvalue weighted by Crippen LogP contribution is 2.36. The smallest absolute Gasteiger partial charge is 0.130 e. The maximum absolute atomic E-state index is 9.37. The molecule has 0 aromatic heterocycles. The number of fused-ring (bicyclic) bond motifs is 1. The quantitative estimate of drug-likeness (QED) is 0.721. The Labute approximate surface area is 94.9 Å². The van der Waals surface area contributed by atoms with Crippen LogP contribution in [0.15, 0.2) is 24.3 Å². The first-order valence-electron chi connectivity index (χ1n) is 5.60. The van der Waals surface area contributed by atoms with Crippen molar-refractivity contribution in [3.8, 4) is 5.75 Å². The molecule has 1 N–H and O–H groups in total. The molecule has 2 aliphatic rings. The van der Waals surface area contributed by atoms with E-state index in [1.165, 1.54) is 5.06 Å². The van der Waals surface area contributed by atoms with Crippen LogP contribution in [0.2, 0.25) is 0 Å². The lowest BCUT2D eigenvalue weighted by Crippen LogP contribution is -2.46. The van der Waals surface area contributed by atoms with Gasteiger partial charge in [0.2, 0.25) is 0 Å². The van der Waals surface area contributed by atoms with Gasteiger partial charge in [0, 0.05) is 31.5 Å². The van der Waals surface area contributed by atoms with E-state index in [0.717, 1.165) is 24.2 Å². The van der Waals surface area contributed by atoms with Crippen molar-refractivity contribution in [2.24, 2.45) is 0 Å². The van der Waals surface area contributed by atoms with E-state index < -0.39 is 0 Å². The highest BCUT2D eigenvalue weighted by molar-refractivity contribution is 5.60. The molecule has 0 amide bonds. The molecular weight excluding hydrogens is 202 g/mol. The molecule has 1 aromatic carbocycles. The van der Waals surface area contributed by atoms with Crippen molar-refractivity contribution in [1.82, 2.24) is 5.06 Å². The fraction of sp³-hybridized carbons (Fsp3) is 0.385. The van der Waals surface area contributed by atoms with E-state index in [-0.39, 0.29) is 5.60 Å². The van der Waals surface area contributed by atoms with E-state index >= 15 is 0 Å². The first kappa shape index (κ1) is 9.87. The van der Waals surface area contributed by atoms with Gasteiger partial charge in [-0.15, -0.1) is 0 Å². The number of hydrogen-bond acceptors (Lipinski definition) is 3. The van der Waals surface area contributed by atoms with Gasteiger partial charge in [0.1, 0.15) is 11.4 Å². The van der Waals surface area contributed by atoms with Crippen LogP contribution < -0.4 is 4.74 Å². The van der Waals surface area contributed by atoms with Crippen molar-refractivity contribution >= 4 is 6.08 Å². The summed E-state index contributed by atoms with van der Waals surface area (Å²) in [7, 11) is 0. The SMILES string of the molecule is ON1CCC2(C=Cc3c[c]ccc3O2)CC1. The van der Waals surface area contributed by atoms with E-state index in [1.807, 2.05) is 18.2 Å². The Morgan fingerprint density at radius 3 is 3.00 bits per heavy atom. The van der Waals surface area contributed by atoms with E-state index in [0.29, 0.717) is 13.1 Å². The summed E-state index contributed by atoms with van der Waals surface area (Å²) in [5.41, 5.74) is 0.868. The first-order valence-corrected chi connectivity index (χ1v) is 5.60. The third-order valence-corrected chi connectivity index (χ3v) is 3.32. The lowest BCUT2D eigenvalue weighted by atomic mass is 9.89. The predicted octanol–water partition coefficient (Wildman–Crippen LogP) is 2.12. The van der Waals surface area contributed by atoms with Crippen molar-refractivity contribution in [3.05, 3.63) is 35.9 Å². The number of hydroxylamine groups is 2. The zero-order valence-electron chi connectivity index (χ0n) is 9.02. The molecule has 0 bridgehead atoms. The van der Waals surface area contributed by atoms with Crippen LogP contribution >= 0.6 is 0 Å². The van der Waals surface area contributed by atoms with Gasteiger partial charge in [-0.1, -0.05) is 12.1 Å². The molecule has 83 valence electrons. The maximum atomic E-state index is 9.37. The number of hydrogen-bond donors (Lipinski definition) is 1. The Morgan fingerprint density at radius 1 is 1.38 bits per heavy atom. The number of rotatable bonds is 0. The molecule has 2 heterocycles. The van der Waals surface area contributed by atoms with Crippen molar-refractivity contribution in [2.45, 2.75) is 18.4 Å². The van der Waals surface area contributed by atoms with Crippen LogP contribution in [0.25, 0.3) is 6.08 Å². The number of nitrogens with zero attached hydrogens (tertiary/aromatic N) is 1. The predicted molar refractivity (Wildman–Crippen MR) is 60.3 cm³/mol. The van der Waals surface area contributed by atoms with Gasteiger partial charge in [-0.2, -0.15) is 5.06 Å². The fourth-order valence-electron chi connectivity index (χ4n) is 2.29. The monoisotopic (exact) mass is 216 g/mol. The molecule has 1 spiro atoms. The van der Waals surface area contributed by atoms with E-state index in [1.54, 1.807) is 0 Å². The van der Waals surface area contributed by atoms with Gasteiger partial charge in [0.15, 0.2) is 0 Å². The number of ether oxygens (including phenoxy) is 1. The third-order valence-electron chi connectivity index (χ3n) is 3.32. The summed E-state index contributed by atoms with van der Waals surface area (Å²) in [6.45, 7) is 1.33. The van der Waals surface area contributed by atoms with Gasteiger partial charge in [0.05, 0.1) is 0 Å². The van der Waals surface area contributed by atoms with Gasteiger partial charge < -0.3 is 9.94 Å². The van der Waals surface area contributed by atoms with Crippen molar-refractivity contribution in [2.75, 3.05) is 13.1 Å². The highest BCUT2D eigenvalue weighted by atomic mass is 16.5. The Morgan fingerprint density at radius 2 is 2.19 bits per heavy atom. The Kier molecular flexibility index (Phi) is 2.23. The summed E-state index contributed by atoms with van der Waals surface area (Å²) < 4.78 is 6.06. The minimum Gasteiger partial charge on any atom is -0.482 e. The number of benzene rings is 1. The summed E-state index contributed by atoms with van der Waals surface area (Å²) in [4.78, 5) is 0. The molecule has 3 rings (SSSR count). The van der Waals surface area contributed by atoms with Crippen molar-refractivity contribution in [3.63, 3.8) is 0 Å². The van der Waals surface area contributed by atoms with Crippen LogP contribution in [0.5, 0.6) is 5.75 Å². The summed E-state index contributed by atoms with van der Waals surface area (Å²) in [5.74, 6) is 0.924. The van der Waals surface area contributed by atoms with Gasteiger partial charge in [-0.05, 0) is 24.3 Å². The zero-order valence-corrected chi connectivity index (χ0v) is 9.02. The lowest BCUT2D eigenvalue weighted by molar-refractivity contribution is -0.131. The van der Waals surface area contributed by atoms with E-state index in [9.17, 15) is 5.21 Å². The van der Waals surface area contributed by atoms with Crippen LogP contribution in [0.1, 0.15) is 18.4 Å². The summed E-state index contributed by atoms with van der Waals surface area (Å²) >= 11 is 0. The topological polar surface area (TPSA) is 32.7 Å². The average Bonchev–Trinajstić information content (AvgIpc) is 2.33. The molecule has 1 saturated heterocycles. The first-order chi connectivity index (χ1) is 7.77. The van der Waals surface area contributed by atoms with Crippen LogP contribution in [0.4, 0.5) is 0 Å². The molecule has 3 heteroatoms. The molecule has 1 aromatic rings. The molecule has 2 aliphatic heterocycles. The maximum Gasteiger partial charge on any atom is 0.130 e. The standard InChI is InChI=1S/C13H14NO2/c15-14-9-7-13(8-10-14)6-5-11-3-1-2-4-12(11)16-13/h2-6,15H,7-10H2. The van der Waals surface area contributed by atoms with Crippen LogP contribution in [0, 0.1) is 6.07 Å². The minimum absolute atomic E-state index is 0.215. The fourth-order valence-corrected chi connectivity index (χ4v) is 2.29. The molecule has 3 nitrogen and oxygen atoms in total. The van der Waals surface area contributed by atoms with Gasteiger partial charge in [-0.25, -0.2) is 0 Å². The Balaban J connectivity index is 1.87. The zero-order chi connectivity index (χ0) is 11.0. The largest absolute Gasteiger partial charge is 0.482 e. The normalized spacial score (nSPS) is 22.8. The third kappa shape index (κ3) is 1.62. The molecule has 0 unspecified atom stereocenters. The average molecular weight is 216 g/mol. The van der Waals surface area contributed by atoms with E-state index in [2.05, 4.69) is 18.2 Å². The minimum atomic E-state index is -0.215. The molecule has 1 radical (unpaired) electrons. The Hall–Kier alpha value is -1.32. The van der Waals surface area contributed by atoms with E-state index in [4.69, 9.17) is 4.74 Å². The lowest BCUT2D eigenvalue weighted by Gasteiger charge is -2.40. The molecule has 16 heavy (non-hydrogen) atoms. The van der Waals surface area contributed by atoms with Crippen molar-refractivity contribution < 1.29 is 9.94 Å². The Bertz CT molecular complexity index is 420. The second-order valence-corrected chi connectivity index (χ2v) is 4.42. The highest BCUT2D eigenvalue weighted by Gasteiger charge is 2.36. The number of piperidine rings is 1. The second kappa shape index (κ2) is 3.61. The van der Waals surface area contributed by atoms with Crippen LogP contribution in [-0.2, 0) is 0 Å². The van der Waals surface area contributed by atoms with Gasteiger partial charge in [0.25, 0.3) is 0 Å². The molecule has 0 saturated carbocycles. The summed E-state index contributed by atoms with van der Waals surface area (Å²) in [5, 5.41) is 10.7. The summed E-state index contributed by atoms with van der Waals surface area (Å²) in [6.07, 6.45) is 5.88. The summed E-state index contributed by atoms with van der Waals surface area (Å²) in [6, 6.07) is 8.79. The van der Waals surface area contributed by atoms with Crippen molar-refractivity contribution in [1.29, 1.82) is 0 Å². The molecule has 1 fully saturated rings. The molecule has 0 aliphatic carbocycles. The molecule has 0 atom stereocenters. The second-order valence-electron chi connectivity index (χ2n) is 4.42. The molecular formula is C13H14NO2.